The maximum atomic E-state index is 13.1. The normalized spacial score (nSPS) is 13.3. The molecule has 0 amide bonds. The Morgan fingerprint density at radius 1 is 1.45 bits per heavy atom. The molecule has 0 spiro atoms. The van der Waals surface area contributed by atoms with Crippen molar-refractivity contribution in [3.05, 3.63) is 50.6 Å². The highest BCUT2D eigenvalue weighted by Crippen LogP contribution is 2.27. The molecule has 0 N–H and O–H groups in total. The van der Waals surface area contributed by atoms with E-state index >= 15 is 0 Å². The summed E-state index contributed by atoms with van der Waals surface area (Å²) in [5, 5.41) is 2.80. The van der Waals surface area contributed by atoms with Crippen molar-refractivity contribution < 1.29 is 4.39 Å². The summed E-state index contributed by atoms with van der Waals surface area (Å²) in [6.07, 6.45) is 1.76. The Hall–Kier alpha value is -1.27. The summed E-state index contributed by atoms with van der Waals surface area (Å²) in [5.74, 6) is 0.563. The summed E-state index contributed by atoms with van der Waals surface area (Å²) >= 11 is 4.94. The summed E-state index contributed by atoms with van der Waals surface area (Å²) in [6, 6.07) is 4.57. The van der Waals surface area contributed by atoms with Crippen LogP contribution < -0.4 is 0 Å². The third-order valence-electron chi connectivity index (χ3n) is 2.78. The minimum absolute atomic E-state index is 0.0914. The molecule has 0 fully saturated rings. The lowest BCUT2D eigenvalue weighted by molar-refractivity contribution is 0.608. The highest BCUT2D eigenvalue weighted by atomic mass is 79.9. The molecule has 0 unspecified atom stereocenters. The van der Waals surface area contributed by atoms with Crippen molar-refractivity contribution in [1.82, 2.24) is 9.88 Å². The molecule has 106 valence electrons. The van der Waals surface area contributed by atoms with Crippen molar-refractivity contribution in [2.45, 2.75) is 13.0 Å². The van der Waals surface area contributed by atoms with Crippen LogP contribution in [0.4, 0.5) is 4.39 Å². The van der Waals surface area contributed by atoms with Crippen molar-refractivity contribution in [3.63, 3.8) is 0 Å². The third kappa shape index (κ3) is 3.43. The average Bonchev–Trinajstić information content (AvgIpc) is 2.88. The lowest BCUT2D eigenvalue weighted by atomic mass is 10.1. The van der Waals surface area contributed by atoms with E-state index in [1.807, 2.05) is 31.3 Å². The first-order valence-electron chi connectivity index (χ1n) is 6.09. The molecule has 3 nitrogen and oxygen atoms in total. The van der Waals surface area contributed by atoms with Crippen LogP contribution in [0.5, 0.6) is 0 Å². The van der Waals surface area contributed by atoms with Gasteiger partial charge in [0, 0.05) is 30.1 Å². The van der Waals surface area contributed by atoms with Crippen LogP contribution in [0.25, 0.3) is 0 Å². The van der Waals surface area contributed by atoms with E-state index in [0.717, 1.165) is 20.9 Å². The van der Waals surface area contributed by atoms with E-state index in [1.54, 1.807) is 23.6 Å². The molecule has 1 aromatic heterocycles. The van der Waals surface area contributed by atoms with Gasteiger partial charge in [0.1, 0.15) is 5.82 Å². The zero-order chi connectivity index (χ0) is 14.7. The first kappa shape index (κ1) is 15.1. The molecule has 1 atom stereocenters. The number of aliphatic imine (C=N–C) groups is 1. The smallest absolute Gasteiger partial charge is 0.160 e. The molecule has 2 aromatic rings. The summed E-state index contributed by atoms with van der Waals surface area (Å²) in [7, 11) is 3.87. The molecule has 0 aliphatic heterocycles. The number of hydrogen-bond donors (Lipinski definition) is 0. The molecule has 0 saturated heterocycles. The first-order chi connectivity index (χ1) is 9.49. The van der Waals surface area contributed by atoms with Gasteiger partial charge in [-0.15, -0.1) is 11.3 Å². The van der Waals surface area contributed by atoms with Crippen molar-refractivity contribution in [3.8, 4) is 0 Å². The highest BCUT2D eigenvalue weighted by Gasteiger charge is 2.14. The standard InChI is InChI=1S/C14H15BrFN3S/c1-9(11-5-4-10(16)8-12(11)15)18-13(19(2)3)14-17-6-7-20-14/h4-9H,1-3H3/t9-/m1/s1. The van der Waals surface area contributed by atoms with Gasteiger partial charge in [0.2, 0.25) is 0 Å². The van der Waals surface area contributed by atoms with Crippen molar-refractivity contribution >= 4 is 33.1 Å². The van der Waals surface area contributed by atoms with Crippen LogP contribution in [-0.2, 0) is 0 Å². The van der Waals surface area contributed by atoms with Gasteiger partial charge in [-0.05, 0) is 24.6 Å². The number of benzene rings is 1. The lowest BCUT2D eigenvalue weighted by Gasteiger charge is -2.17. The molecule has 20 heavy (non-hydrogen) atoms. The Kier molecular flexibility index (Phi) is 4.88. The van der Waals surface area contributed by atoms with E-state index in [4.69, 9.17) is 4.99 Å². The Labute approximate surface area is 130 Å². The highest BCUT2D eigenvalue weighted by molar-refractivity contribution is 9.10. The van der Waals surface area contributed by atoms with Gasteiger partial charge in [0.05, 0.1) is 6.04 Å². The average molecular weight is 356 g/mol. The fourth-order valence-corrected chi connectivity index (χ4v) is 3.18. The van der Waals surface area contributed by atoms with Crippen LogP contribution in [0, 0.1) is 5.82 Å². The molecule has 0 aliphatic carbocycles. The molecule has 1 aromatic carbocycles. The van der Waals surface area contributed by atoms with Crippen molar-refractivity contribution in [2.24, 2.45) is 4.99 Å². The summed E-state index contributed by atoms with van der Waals surface area (Å²) in [6.45, 7) is 1.98. The van der Waals surface area contributed by atoms with Gasteiger partial charge in [0.25, 0.3) is 0 Å². The number of thiazole rings is 1. The topological polar surface area (TPSA) is 28.5 Å². The number of rotatable bonds is 3. The molecular weight excluding hydrogens is 341 g/mol. The predicted octanol–water partition coefficient (Wildman–Crippen LogP) is 4.11. The van der Waals surface area contributed by atoms with Gasteiger partial charge in [-0.1, -0.05) is 22.0 Å². The number of nitrogens with zero attached hydrogens (tertiary/aromatic N) is 3. The first-order valence-corrected chi connectivity index (χ1v) is 7.76. The van der Waals surface area contributed by atoms with Gasteiger partial charge < -0.3 is 4.90 Å². The van der Waals surface area contributed by atoms with Crippen LogP contribution >= 0.6 is 27.3 Å². The molecule has 0 radical (unpaired) electrons. The fourth-order valence-electron chi connectivity index (χ4n) is 1.79. The zero-order valence-electron chi connectivity index (χ0n) is 11.5. The van der Waals surface area contributed by atoms with Crippen LogP contribution in [0.3, 0.4) is 0 Å². The summed E-state index contributed by atoms with van der Waals surface area (Å²) in [4.78, 5) is 10.9. The monoisotopic (exact) mass is 355 g/mol. The zero-order valence-corrected chi connectivity index (χ0v) is 13.9. The van der Waals surface area contributed by atoms with Gasteiger partial charge in [0.15, 0.2) is 10.8 Å². The lowest BCUT2D eigenvalue weighted by Crippen LogP contribution is -2.23. The van der Waals surface area contributed by atoms with E-state index in [0.29, 0.717) is 0 Å². The molecule has 0 saturated carbocycles. The Bertz CT molecular complexity index is 611. The molecule has 6 heteroatoms. The number of amidine groups is 1. The molecule has 2 rings (SSSR count). The molecular formula is C14H15BrFN3S. The fraction of sp³-hybridized carbons (Fsp3) is 0.286. The largest absolute Gasteiger partial charge is 0.361 e. The summed E-state index contributed by atoms with van der Waals surface area (Å²) in [5.41, 5.74) is 0.947. The Morgan fingerprint density at radius 2 is 2.20 bits per heavy atom. The second-order valence-electron chi connectivity index (χ2n) is 4.53. The molecule has 0 aliphatic rings. The van der Waals surface area contributed by atoms with Crippen LogP contribution in [0.15, 0.2) is 39.2 Å². The predicted molar refractivity (Wildman–Crippen MR) is 84.9 cm³/mol. The second-order valence-corrected chi connectivity index (χ2v) is 6.28. The molecule has 1 heterocycles. The minimum atomic E-state index is -0.260. The van der Waals surface area contributed by atoms with Gasteiger partial charge in [-0.2, -0.15) is 0 Å². The second kappa shape index (κ2) is 6.45. The third-order valence-corrected chi connectivity index (χ3v) is 4.23. The quantitative estimate of drug-likeness (QED) is 0.612. The van der Waals surface area contributed by atoms with Gasteiger partial charge in [-0.3, -0.25) is 4.99 Å². The van der Waals surface area contributed by atoms with E-state index in [9.17, 15) is 4.39 Å². The van der Waals surface area contributed by atoms with Crippen LogP contribution in [0.1, 0.15) is 23.5 Å². The minimum Gasteiger partial charge on any atom is -0.361 e. The van der Waals surface area contributed by atoms with E-state index in [2.05, 4.69) is 20.9 Å². The van der Waals surface area contributed by atoms with Crippen molar-refractivity contribution in [1.29, 1.82) is 0 Å². The van der Waals surface area contributed by atoms with Gasteiger partial charge in [-0.25, -0.2) is 9.37 Å². The Balaban J connectivity index is 2.36. The van der Waals surface area contributed by atoms with Crippen LogP contribution in [0.2, 0.25) is 0 Å². The number of hydrogen-bond acceptors (Lipinski definition) is 3. The maximum Gasteiger partial charge on any atom is 0.160 e. The SMILES string of the molecule is C[C@@H](N=C(c1nccs1)N(C)C)c1ccc(F)cc1Br. The van der Waals surface area contributed by atoms with E-state index in [-0.39, 0.29) is 11.9 Å². The van der Waals surface area contributed by atoms with Crippen molar-refractivity contribution in [2.75, 3.05) is 14.1 Å². The van der Waals surface area contributed by atoms with Gasteiger partial charge >= 0.3 is 0 Å². The number of halogens is 2. The Morgan fingerprint density at radius 3 is 2.75 bits per heavy atom. The number of aromatic nitrogens is 1. The summed E-state index contributed by atoms with van der Waals surface area (Å²) < 4.78 is 13.9. The van der Waals surface area contributed by atoms with E-state index in [1.165, 1.54) is 12.1 Å². The van der Waals surface area contributed by atoms with E-state index < -0.39 is 0 Å². The van der Waals surface area contributed by atoms with Crippen LogP contribution in [-0.4, -0.2) is 29.8 Å². The maximum absolute atomic E-state index is 13.1. The molecule has 0 bridgehead atoms.